The van der Waals surface area contributed by atoms with E-state index in [1.165, 1.54) is 35.7 Å². The lowest BCUT2D eigenvalue weighted by molar-refractivity contribution is -0.117. The predicted octanol–water partition coefficient (Wildman–Crippen LogP) is 6.10. The molecule has 12 nitrogen and oxygen atoms in total. The molecule has 1 fully saturated rings. The third-order valence-electron chi connectivity index (χ3n) is 8.75. The van der Waals surface area contributed by atoms with Crippen LogP contribution >= 0.6 is 23.2 Å². The number of nitrogens with one attached hydrogen (secondary N) is 2. The lowest BCUT2D eigenvalue weighted by Gasteiger charge is -2.38. The van der Waals surface area contributed by atoms with Crippen molar-refractivity contribution in [3.05, 3.63) is 94.4 Å². The molecule has 2 aromatic carbocycles. The van der Waals surface area contributed by atoms with Gasteiger partial charge >= 0.3 is 6.03 Å². The highest BCUT2D eigenvalue weighted by atomic mass is 35.5. The van der Waals surface area contributed by atoms with Crippen LogP contribution in [0.25, 0.3) is 0 Å². The number of benzene rings is 2. The van der Waals surface area contributed by atoms with Crippen molar-refractivity contribution in [2.75, 3.05) is 29.3 Å². The summed E-state index contributed by atoms with van der Waals surface area (Å²) in [5.74, 6) is 1.41. The van der Waals surface area contributed by atoms with Crippen molar-refractivity contribution < 1.29 is 19.1 Å². The molecule has 0 radical (unpaired) electrons. The van der Waals surface area contributed by atoms with Gasteiger partial charge in [0.1, 0.15) is 27.4 Å². The predicted molar refractivity (Wildman–Crippen MR) is 185 cm³/mol. The molecule has 1 unspecified atom stereocenters. The molecule has 48 heavy (non-hydrogen) atoms. The van der Waals surface area contributed by atoms with Crippen LogP contribution in [0.3, 0.4) is 0 Å². The van der Waals surface area contributed by atoms with E-state index in [2.05, 4.69) is 39.4 Å². The van der Waals surface area contributed by atoms with Gasteiger partial charge in [-0.05, 0) is 42.9 Å². The topological polar surface area (TPSA) is 127 Å². The summed E-state index contributed by atoms with van der Waals surface area (Å²) in [5.41, 5.74) is 2.79. The SMILES string of the molecule is C=CC(=O)N[C@H]1CC(c2ccccc2)CC[C@H]1Nc1ncc2c(n1)N(Cc1ccn(C)n1)C(=O)N(c1c(Cl)c(OC)cc(OC)c1Cl)C2. The zero-order chi connectivity index (χ0) is 33.9. The maximum absolute atomic E-state index is 14.4. The summed E-state index contributed by atoms with van der Waals surface area (Å²) in [6.45, 7) is 3.84. The fourth-order valence-electron chi connectivity index (χ4n) is 6.36. The van der Waals surface area contributed by atoms with Crippen LogP contribution in [0.2, 0.25) is 10.0 Å². The van der Waals surface area contributed by atoms with E-state index in [0.717, 1.165) is 19.3 Å². The first-order valence-corrected chi connectivity index (χ1v) is 16.2. The molecule has 2 aliphatic rings. The van der Waals surface area contributed by atoms with Gasteiger partial charge in [0.2, 0.25) is 11.9 Å². The zero-order valence-electron chi connectivity index (χ0n) is 26.8. The maximum Gasteiger partial charge on any atom is 0.330 e. The number of hydrogen-bond donors (Lipinski definition) is 2. The van der Waals surface area contributed by atoms with Gasteiger partial charge in [0, 0.05) is 43.2 Å². The summed E-state index contributed by atoms with van der Waals surface area (Å²) in [6, 6.07) is 12.9. The van der Waals surface area contributed by atoms with Crippen LogP contribution in [-0.4, -0.2) is 58.0 Å². The number of aryl methyl sites for hydroxylation is 1. The zero-order valence-corrected chi connectivity index (χ0v) is 28.3. The van der Waals surface area contributed by atoms with Gasteiger partial charge in [0.15, 0.2) is 0 Å². The number of amides is 3. The normalized spacial score (nSPS) is 19.0. The summed E-state index contributed by atoms with van der Waals surface area (Å²) in [5, 5.41) is 11.4. The van der Waals surface area contributed by atoms with Gasteiger partial charge in [-0.1, -0.05) is 60.1 Å². The molecular weight excluding hydrogens is 655 g/mol. The molecule has 1 aliphatic heterocycles. The molecule has 4 aromatic rings. The molecular formula is C34H36Cl2N8O4. The Morgan fingerprint density at radius 1 is 1.08 bits per heavy atom. The molecule has 2 N–H and O–H groups in total. The molecule has 0 spiro atoms. The van der Waals surface area contributed by atoms with Crippen LogP contribution < -0.4 is 29.9 Å². The van der Waals surface area contributed by atoms with Crippen molar-refractivity contribution >= 4 is 52.6 Å². The van der Waals surface area contributed by atoms with Crippen LogP contribution in [0.15, 0.2) is 67.5 Å². The molecule has 0 bridgehead atoms. The minimum atomic E-state index is -0.420. The lowest BCUT2D eigenvalue weighted by Crippen LogP contribution is -2.50. The first-order valence-electron chi connectivity index (χ1n) is 15.5. The molecule has 6 rings (SSSR count). The Balaban J connectivity index is 1.34. The summed E-state index contributed by atoms with van der Waals surface area (Å²) in [4.78, 5) is 39.3. The fourth-order valence-corrected chi connectivity index (χ4v) is 7.07. The second-order valence-corrected chi connectivity index (χ2v) is 12.5. The van der Waals surface area contributed by atoms with E-state index < -0.39 is 6.03 Å². The highest BCUT2D eigenvalue weighted by Gasteiger charge is 2.38. The van der Waals surface area contributed by atoms with Crippen molar-refractivity contribution in [1.82, 2.24) is 25.1 Å². The Kier molecular flexibility index (Phi) is 9.74. The Morgan fingerprint density at radius 3 is 2.46 bits per heavy atom. The Morgan fingerprint density at radius 2 is 1.81 bits per heavy atom. The molecule has 3 atom stereocenters. The van der Waals surface area contributed by atoms with E-state index in [1.54, 1.807) is 23.1 Å². The smallest absolute Gasteiger partial charge is 0.330 e. The molecule has 3 heterocycles. The molecule has 14 heteroatoms. The van der Waals surface area contributed by atoms with E-state index in [4.69, 9.17) is 37.7 Å². The number of fused-ring (bicyclic) bond motifs is 1. The number of nitrogens with zero attached hydrogens (tertiary/aromatic N) is 6. The van der Waals surface area contributed by atoms with Gasteiger partial charge in [-0.3, -0.25) is 19.3 Å². The Hall–Kier alpha value is -4.81. The fraction of sp³-hybridized carbons (Fsp3) is 0.324. The summed E-state index contributed by atoms with van der Waals surface area (Å²) in [7, 11) is 4.76. The number of halogens is 2. The van der Waals surface area contributed by atoms with E-state index in [1.807, 2.05) is 31.3 Å². The second-order valence-electron chi connectivity index (χ2n) is 11.7. The Labute approximate surface area is 288 Å². The minimum Gasteiger partial charge on any atom is -0.495 e. The highest BCUT2D eigenvalue weighted by molar-refractivity contribution is 6.42. The van der Waals surface area contributed by atoms with E-state index in [-0.39, 0.29) is 52.7 Å². The quantitative estimate of drug-likeness (QED) is 0.191. The molecule has 250 valence electrons. The van der Waals surface area contributed by atoms with Crippen molar-refractivity contribution in [2.45, 2.75) is 50.4 Å². The third-order valence-corrected chi connectivity index (χ3v) is 9.48. The van der Waals surface area contributed by atoms with Crippen molar-refractivity contribution in [3.63, 3.8) is 0 Å². The summed E-state index contributed by atoms with van der Waals surface area (Å²) in [6.07, 6.45) is 7.18. The van der Waals surface area contributed by atoms with Crippen molar-refractivity contribution in [1.29, 1.82) is 0 Å². The third kappa shape index (κ3) is 6.63. The largest absolute Gasteiger partial charge is 0.495 e. The average Bonchev–Trinajstić information content (AvgIpc) is 3.52. The van der Waals surface area contributed by atoms with Gasteiger partial charge in [0.05, 0.1) is 38.7 Å². The molecule has 1 saturated carbocycles. The lowest BCUT2D eigenvalue weighted by atomic mass is 9.78. The second kappa shape index (κ2) is 14.1. The number of urea groups is 1. The highest BCUT2D eigenvalue weighted by Crippen LogP contribution is 2.48. The van der Waals surface area contributed by atoms with Gasteiger partial charge in [-0.15, -0.1) is 0 Å². The number of hydrogen-bond acceptors (Lipinski definition) is 8. The number of carbonyl (C=O) groups excluding carboxylic acids is 2. The van der Waals surface area contributed by atoms with Crippen LogP contribution in [-0.2, 0) is 24.9 Å². The van der Waals surface area contributed by atoms with E-state index >= 15 is 0 Å². The summed E-state index contributed by atoms with van der Waals surface area (Å²) < 4.78 is 12.6. The first kappa shape index (κ1) is 33.1. The van der Waals surface area contributed by atoms with Crippen molar-refractivity contribution in [2.24, 2.45) is 7.05 Å². The van der Waals surface area contributed by atoms with E-state index in [0.29, 0.717) is 34.5 Å². The number of carbonyl (C=O) groups is 2. The summed E-state index contributed by atoms with van der Waals surface area (Å²) >= 11 is 13.5. The number of ether oxygens (including phenoxy) is 2. The van der Waals surface area contributed by atoms with Gasteiger partial charge < -0.3 is 20.1 Å². The molecule has 0 saturated heterocycles. The average molecular weight is 692 g/mol. The van der Waals surface area contributed by atoms with Crippen LogP contribution in [0.5, 0.6) is 11.5 Å². The minimum absolute atomic E-state index is 0.0864. The number of methoxy groups -OCH3 is 2. The molecule has 3 amide bonds. The standard InChI is InChI=1S/C34H36Cl2N8O4/c1-5-28(45)38-25-15-21(20-9-7-6-8-10-20)11-12-24(25)39-33-37-17-22-18-43(31-29(35)26(47-3)16-27(48-4)30(31)36)34(46)44(32(22)40-33)19-23-13-14-42(2)41-23/h5-10,13-14,16-17,21,24-25H,1,11-12,15,18-19H2,2-4H3,(H,38,45)(H,37,39,40)/t21?,24-,25+/m1/s1. The Bertz CT molecular complexity index is 1810. The molecule has 1 aliphatic carbocycles. The van der Waals surface area contributed by atoms with Gasteiger partial charge in [-0.2, -0.15) is 10.1 Å². The van der Waals surface area contributed by atoms with Crippen LogP contribution in [0, 0.1) is 0 Å². The molecule has 2 aromatic heterocycles. The first-order chi connectivity index (χ1) is 23.2. The van der Waals surface area contributed by atoms with Gasteiger partial charge in [-0.25, -0.2) is 9.78 Å². The van der Waals surface area contributed by atoms with Crippen LogP contribution in [0.4, 0.5) is 22.2 Å². The number of aromatic nitrogens is 4. The number of rotatable bonds is 10. The number of anilines is 3. The van der Waals surface area contributed by atoms with Gasteiger partial charge in [0.25, 0.3) is 0 Å². The van der Waals surface area contributed by atoms with Crippen molar-refractivity contribution in [3.8, 4) is 11.5 Å². The van der Waals surface area contributed by atoms with E-state index in [9.17, 15) is 9.59 Å². The van der Waals surface area contributed by atoms with Crippen LogP contribution in [0.1, 0.15) is 42.0 Å². The monoisotopic (exact) mass is 690 g/mol. The maximum atomic E-state index is 14.4.